The molecule has 1 aromatic heterocycles. The van der Waals surface area contributed by atoms with Gasteiger partial charge in [-0.1, -0.05) is 0 Å². The van der Waals surface area contributed by atoms with Crippen LogP contribution in [0.5, 0.6) is 0 Å². The van der Waals surface area contributed by atoms with Crippen molar-refractivity contribution in [1.29, 1.82) is 5.26 Å². The monoisotopic (exact) mass is 395 g/mol. The molecule has 2 amide bonds. The van der Waals surface area contributed by atoms with Crippen LogP contribution in [0, 0.1) is 11.3 Å². The maximum Gasteiger partial charge on any atom is 0.338 e. The van der Waals surface area contributed by atoms with E-state index in [9.17, 15) is 14.4 Å². The molecule has 1 fully saturated rings. The molecule has 1 aromatic carbocycles. The zero-order chi connectivity index (χ0) is 20.6. The molecular formula is C21H21N3O5. The third-order valence-corrected chi connectivity index (χ3v) is 4.59. The standard InChI is InChI=1S/C21H21N3O5/c22-10-3-11-23(14-18-4-2-13-28-18)20(26)15-29-21(27)16-6-8-17(9-7-16)24-12-1-5-19(24)25/h2,4,6-9,13H,1,3,5,11-12,14-15H2. The highest BCUT2D eigenvalue weighted by Gasteiger charge is 2.22. The summed E-state index contributed by atoms with van der Waals surface area (Å²) in [6, 6.07) is 12.0. The van der Waals surface area contributed by atoms with Gasteiger partial charge >= 0.3 is 5.97 Å². The molecule has 8 nitrogen and oxygen atoms in total. The number of anilines is 1. The molecule has 1 saturated heterocycles. The zero-order valence-electron chi connectivity index (χ0n) is 15.9. The highest BCUT2D eigenvalue weighted by molar-refractivity contribution is 5.96. The number of hydrogen-bond donors (Lipinski definition) is 0. The van der Waals surface area contributed by atoms with Gasteiger partial charge in [-0.3, -0.25) is 9.59 Å². The fraction of sp³-hybridized carbons (Fsp3) is 0.333. The van der Waals surface area contributed by atoms with Crippen molar-refractivity contribution in [3.63, 3.8) is 0 Å². The van der Waals surface area contributed by atoms with Gasteiger partial charge in [-0.25, -0.2) is 4.79 Å². The number of benzene rings is 1. The summed E-state index contributed by atoms with van der Waals surface area (Å²) < 4.78 is 10.4. The second-order valence-electron chi connectivity index (χ2n) is 6.57. The lowest BCUT2D eigenvalue weighted by Crippen LogP contribution is -2.35. The number of carbonyl (C=O) groups is 3. The predicted molar refractivity (Wildman–Crippen MR) is 103 cm³/mol. The molecular weight excluding hydrogens is 374 g/mol. The largest absolute Gasteiger partial charge is 0.467 e. The minimum atomic E-state index is -0.629. The molecule has 29 heavy (non-hydrogen) atoms. The fourth-order valence-electron chi connectivity index (χ4n) is 3.07. The summed E-state index contributed by atoms with van der Waals surface area (Å²) in [6.45, 7) is 0.651. The Kier molecular flexibility index (Phi) is 6.63. The maximum atomic E-state index is 12.4. The van der Waals surface area contributed by atoms with Crippen LogP contribution in [0.25, 0.3) is 0 Å². The van der Waals surface area contributed by atoms with Crippen molar-refractivity contribution in [2.45, 2.75) is 25.8 Å². The summed E-state index contributed by atoms with van der Waals surface area (Å²) in [5, 5.41) is 8.79. The van der Waals surface area contributed by atoms with Crippen LogP contribution >= 0.6 is 0 Å². The molecule has 0 spiro atoms. The number of hydrogen-bond acceptors (Lipinski definition) is 6. The zero-order valence-corrected chi connectivity index (χ0v) is 15.9. The van der Waals surface area contributed by atoms with Crippen LogP contribution in [-0.4, -0.2) is 42.4 Å². The van der Waals surface area contributed by atoms with E-state index in [1.165, 1.54) is 11.2 Å². The van der Waals surface area contributed by atoms with Crippen molar-refractivity contribution >= 4 is 23.5 Å². The van der Waals surface area contributed by atoms with E-state index in [-0.39, 0.29) is 25.4 Å². The summed E-state index contributed by atoms with van der Waals surface area (Å²) >= 11 is 0. The second-order valence-corrected chi connectivity index (χ2v) is 6.57. The molecule has 3 rings (SSSR count). The van der Waals surface area contributed by atoms with Crippen LogP contribution in [0.4, 0.5) is 5.69 Å². The second kappa shape index (κ2) is 9.55. The van der Waals surface area contributed by atoms with E-state index in [0.717, 1.165) is 12.1 Å². The Bertz CT molecular complexity index is 899. The lowest BCUT2D eigenvalue weighted by molar-refractivity contribution is -0.135. The van der Waals surface area contributed by atoms with Gasteiger partial charge in [-0.15, -0.1) is 0 Å². The van der Waals surface area contributed by atoms with Crippen molar-refractivity contribution in [2.24, 2.45) is 0 Å². The minimum Gasteiger partial charge on any atom is -0.467 e. The van der Waals surface area contributed by atoms with Gasteiger partial charge in [0.2, 0.25) is 5.91 Å². The summed E-state index contributed by atoms with van der Waals surface area (Å²) in [5.41, 5.74) is 1.03. The molecule has 0 unspecified atom stereocenters. The molecule has 150 valence electrons. The number of esters is 1. The van der Waals surface area contributed by atoms with Crippen LogP contribution in [0.2, 0.25) is 0 Å². The van der Waals surface area contributed by atoms with E-state index in [1.807, 2.05) is 6.07 Å². The first kappa shape index (κ1) is 20.1. The topological polar surface area (TPSA) is 104 Å². The molecule has 0 radical (unpaired) electrons. The first-order chi connectivity index (χ1) is 14.1. The Labute approximate surface area is 168 Å². The summed E-state index contributed by atoms with van der Waals surface area (Å²) in [5.74, 6) is -0.394. The third kappa shape index (κ3) is 5.23. The molecule has 8 heteroatoms. The fourth-order valence-corrected chi connectivity index (χ4v) is 3.07. The van der Waals surface area contributed by atoms with Crippen LogP contribution in [-0.2, 0) is 20.9 Å². The highest BCUT2D eigenvalue weighted by Crippen LogP contribution is 2.21. The molecule has 0 N–H and O–H groups in total. The molecule has 0 bridgehead atoms. The Morgan fingerprint density at radius 2 is 2.03 bits per heavy atom. The Morgan fingerprint density at radius 3 is 2.66 bits per heavy atom. The van der Waals surface area contributed by atoms with Gasteiger partial charge in [-0.05, 0) is 42.8 Å². The number of furan rings is 1. The van der Waals surface area contributed by atoms with Crippen molar-refractivity contribution in [1.82, 2.24) is 4.90 Å². The number of carbonyl (C=O) groups excluding carboxylic acids is 3. The predicted octanol–water partition coefficient (Wildman–Crippen LogP) is 2.51. The number of nitrogens with zero attached hydrogens (tertiary/aromatic N) is 3. The van der Waals surface area contributed by atoms with E-state index in [0.29, 0.717) is 24.3 Å². The minimum absolute atomic E-state index is 0.0694. The molecule has 0 atom stereocenters. The van der Waals surface area contributed by atoms with Crippen LogP contribution in [0.3, 0.4) is 0 Å². The third-order valence-electron chi connectivity index (χ3n) is 4.59. The first-order valence-corrected chi connectivity index (χ1v) is 9.33. The molecule has 2 aromatic rings. The Balaban J connectivity index is 1.55. The Hall–Kier alpha value is -3.60. The average Bonchev–Trinajstić information content (AvgIpc) is 3.40. The quantitative estimate of drug-likeness (QED) is 0.636. The van der Waals surface area contributed by atoms with Crippen LogP contribution in [0.15, 0.2) is 47.1 Å². The summed E-state index contributed by atoms with van der Waals surface area (Å²) in [7, 11) is 0. The van der Waals surface area contributed by atoms with Crippen molar-refractivity contribution < 1.29 is 23.5 Å². The summed E-state index contributed by atoms with van der Waals surface area (Å²) in [4.78, 5) is 39.6. The van der Waals surface area contributed by atoms with E-state index < -0.39 is 18.5 Å². The summed E-state index contributed by atoms with van der Waals surface area (Å²) in [6.07, 6.45) is 3.02. The smallest absolute Gasteiger partial charge is 0.338 e. The van der Waals surface area contributed by atoms with Crippen molar-refractivity contribution in [3.8, 4) is 6.07 Å². The van der Waals surface area contributed by atoms with E-state index >= 15 is 0 Å². The Morgan fingerprint density at radius 1 is 1.24 bits per heavy atom. The molecule has 0 saturated carbocycles. The van der Waals surface area contributed by atoms with Gasteiger partial charge in [0.05, 0.1) is 30.9 Å². The van der Waals surface area contributed by atoms with E-state index in [4.69, 9.17) is 14.4 Å². The SMILES string of the molecule is N#CCCN(Cc1ccco1)C(=O)COC(=O)c1ccc(N2CCCC2=O)cc1. The lowest BCUT2D eigenvalue weighted by atomic mass is 10.2. The van der Waals surface area contributed by atoms with E-state index in [2.05, 4.69) is 0 Å². The van der Waals surface area contributed by atoms with Crippen molar-refractivity contribution in [3.05, 3.63) is 54.0 Å². The molecule has 1 aliphatic rings. The number of nitriles is 1. The van der Waals surface area contributed by atoms with Crippen LogP contribution in [0.1, 0.15) is 35.4 Å². The van der Waals surface area contributed by atoms with Gasteiger partial charge < -0.3 is 19.0 Å². The number of ether oxygens (including phenoxy) is 1. The van der Waals surface area contributed by atoms with E-state index in [1.54, 1.807) is 41.3 Å². The molecule has 1 aliphatic heterocycles. The van der Waals surface area contributed by atoms with Crippen molar-refractivity contribution in [2.75, 3.05) is 24.6 Å². The normalized spacial score (nSPS) is 13.2. The highest BCUT2D eigenvalue weighted by atomic mass is 16.5. The van der Waals surface area contributed by atoms with Crippen LogP contribution < -0.4 is 4.90 Å². The molecule has 2 heterocycles. The number of rotatable bonds is 8. The van der Waals surface area contributed by atoms with Gasteiger partial charge in [0.25, 0.3) is 5.91 Å². The van der Waals surface area contributed by atoms with Gasteiger partial charge in [0.15, 0.2) is 6.61 Å². The van der Waals surface area contributed by atoms with Gasteiger partial charge in [-0.2, -0.15) is 5.26 Å². The molecule has 0 aliphatic carbocycles. The number of amides is 2. The first-order valence-electron chi connectivity index (χ1n) is 9.33. The average molecular weight is 395 g/mol. The van der Waals surface area contributed by atoms with Gasteiger partial charge in [0, 0.05) is 25.2 Å². The van der Waals surface area contributed by atoms with Gasteiger partial charge in [0.1, 0.15) is 5.76 Å². The maximum absolute atomic E-state index is 12.4. The lowest BCUT2D eigenvalue weighted by Gasteiger charge is -2.20.